The van der Waals surface area contributed by atoms with Crippen LogP contribution in [0.2, 0.25) is 0 Å². The van der Waals surface area contributed by atoms with Crippen molar-refractivity contribution in [2.75, 3.05) is 0 Å². The van der Waals surface area contributed by atoms with E-state index in [-0.39, 0.29) is 0 Å². The Morgan fingerprint density at radius 2 is 1.87 bits per heavy atom. The first-order chi connectivity index (χ1) is 14.7. The molecule has 0 fully saturated rings. The van der Waals surface area contributed by atoms with Crippen LogP contribution < -0.4 is 4.74 Å². The van der Waals surface area contributed by atoms with Gasteiger partial charge in [-0.3, -0.25) is 0 Å². The van der Waals surface area contributed by atoms with Crippen molar-refractivity contribution >= 4 is 17.1 Å². The van der Waals surface area contributed by atoms with Gasteiger partial charge in [-0.15, -0.1) is 0 Å². The van der Waals surface area contributed by atoms with Crippen molar-refractivity contribution in [3.8, 4) is 23.1 Å². The summed E-state index contributed by atoms with van der Waals surface area (Å²) < 4.78 is 8.39. The first-order valence-electron chi connectivity index (χ1n) is 10.1. The largest absolute Gasteiger partial charge is 0.472 e. The number of benzene rings is 2. The van der Waals surface area contributed by atoms with Gasteiger partial charge in [0.05, 0.1) is 22.7 Å². The molecule has 0 aliphatic heterocycles. The number of nitrogens with zero attached hydrogens (tertiary/aromatic N) is 3. The summed E-state index contributed by atoms with van der Waals surface area (Å²) in [7, 11) is 0. The van der Waals surface area contributed by atoms with E-state index in [1.54, 1.807) is 0 Å². The Labute approximate surface area is 176 Å². The third kappa shape index (κ3) is 3.97. The molecule has 4 heteroatoms. The maximum absolute atomic E-state index is 9.11. The van der Waals surface area contributed by atoms with Gasteiger partial charge in [0.15, 0.2) is 0 Å². The highest BCUT2D eigenvalue weighted by Gasteiger charge is 2.13. The number of aryl methyl sites for hydroxylation is 1. The van der Waals surface area contributed by atoms with E-state index in [2.05, 4.69) is 36.4 Å². The lowest BCUT2D eigenvalue weighted by atomic mass is 10.0. The van der Waals surface area contributed by atoms with E-state index >= 15 is 0 Å². The maximum Gasteiger partial charge on any atom is 0.222 e. The van der Waals surface area contributed by atoms with Gasteiger partial charge in [0.2, 0.25) is 5.88 Å². The minimum Gasteiger partial charge on any atom is -0.472 e. The molecule has 0 aliphatic rings. The topological polar surface area (TPSA) is 50.8 Å². The second-order valence-corrected chi connectivity index (χ2v) is 7.18. The van der Waals surface area contributed by atoms with Crippen LogP contribution in [-0.2, 0) is 13.2 Å². The van der Waals surface area contributed by atoms with E-state index < -0.39 is 0 Å². The fourth-order valence-electron chi connectivity index (χ4n) is 3.47. The summed E-state index contributed by atoms with van der Waals surface area (Å²) >= 11 is 0. The van der Waals surface area contributed by atoms with Crippen LogP contribution in [0.4, 0.5) is 0 Å². The molecule has 4 nitrogen and oxygen atoms in total. The molecule has 0 bridgehead atoms. The molecule has 0 amide bonds. The zero-order valence-electron chi connectivity index (χ0n) is 17.0. The second kappa shape index (κ2) is 8.67. The third-order valence-electron chi connectivity index (χ3n) is 5.10. The highest BCUT2D eigenvalue weighted by atomic mass is 16.5. The van der Waals surface area contributed by atoms with E-state index in [1.807, 2.05) is 60.7 Å². The molecule has 0 N–H and O–H groups in total. The molecule has 2 aromatic heterocycles. The highest BCUT2D eigenvalue weighted by Crippen LogP contribution is 2.33. The van der Waals surface area contributed by atoms with Gasteiger partial charge in [0, 0.05) is 18.3 Å². The Morgan fingerprint density at radius 1 is 1.10 bits per heavy atom. The number of rotatable bonds is 7. The van der Waals surface area contributed by atoms with Crippen LogP contribution in [0.1, 0.15) is 30.0 Å². The molecule has 0 spiro atoms. The van der Waals surface area contributed by atoms with Crippen molar-refractivity contribution in [3.05, 3.63) is 90.1 Å². The molecule has 148 valence electrons. The minimum atomic E-state index is 0.425. The first kappa shape index (κ1) is 19.5. The van der Waals surface area contributed by atoms with Gasteiger partial charge in [-0.25, -0.2) is 4.98 Å². The second-order valence-electron chi connectivity index (χ2n) is 7.18. The predicted molar refractivity (Wildman–Crippen MR) is 121 cm³/mol. The smallest absolute Gasteiger partial charge is 0.222 e. The SMILES string of the molecule is C=Cc1ccc(COc2nc3ccn(CCC)c3cc2-c2ccc(C#N)cc2)cc1. The van der Waals surface area contributed by atoms with E-state index in [0.717, 1.165) is 46.3 Å². The van der Waals surface area contributed by atoms with Gasteiger partial charge in [-0.2, -0.15) is 5.26 Å². The summed E-state index contributed by atoms with van der Waals surface area (Å²) in [5, 5.41) is 9.11. The monoisotopic (exact) mass is 393 g/mol. The average Bonchev–Trinajstić information content (AvgIpc) is 3.19. The Balaban J connectivity index is 1.73. The van der Waals surface area contributed by atoms with Crippen LogP contribution in [0.5, 0.6) is 5.88 Å². The number of aromatic nitrogens is 2. The number of pyridine rings is 1. The molecular weight excluding hydrogens is 370 g/mol. The number of hydrogen-bond acceptors (Lipinski definition) is 3. The van der Waals surface area contributed by atoms with Crippen molar-refractivity contribution in [2.45, 2.75) is 26.5 Å². The quantitative estimate of drug-likeness (QED) is 0.375. The fourth-order valence-corrected chi connectivity index (χ4v) is 3.47. The van der Waals surface area contributed by atoms with Crippen molar-refractivity contribution in [3.63, 3.8) is 0 Å². The molecule has 30 heavy (non-hydrogen) atoms. The normalized spacial score (nSPS) is 10.7. The first-order valence-corrected chi connectivity index (χ1v) is 10.1. The summed E-state index contributed by atoms with van der Waals surface area (Å²) in [6.07, 6.45) is 4.94. The van der Waals surface area contributed by atoms with E-state index in [4.69, 9.17) is 15.0 Å². The van der Waals surface area contributed by atoms with Gasteiger partial charge >= 0.3 is 0 Å². The molecule has 0 atom stereocenters. The fraction of sp³-hybridized carbons (Fsp3) is 0.154. The van der Waals surface area contributed by atoms with Crippen molar-refractivity contribution < 1.29 is 4.74 Å². The van der Waals surface area contributed by atoms with Gasteiger partial charge in [0.25, 0.3) is 0 Å². The standard InChI is InChI=1S/C26H23N3O/c1-3-14-29-15-13-24-25(29)16-23(22-11-9-20(17-27)10-12-22)26(28-24)30-18-21-7-5-19(4-2)6-8-21/h4-13,15-16H,2-3,14,18H2,1H3. The molecule has 2 aromatic carbocycles. The summed E-state index contributed by atoms with van der Waals surface area (Å²) in [6.45, 7) is 7.32. The predicted octanol–water partition coefficient (Wildman–Crippen LogP) is 6.21. The lowest BCUT2D eigenvalue weighted by molar-refractivity contribution is 0.296. The van der Waals surface area contributed by atoms with Gasteiger partial charge in [-0.05, 0) is 47.4 Å². The van der Waals surface area contributed by atoms with Gasteiger partial charge < -0.3 is 9.30 Å². The van der Waals surface area contributed by atoms with Crippen LogP contribution in [0.3, 0.4) is 0 Å². The third-order valence-corrected chi connectivity index (χ3v) is 5.10. The Bertz CT molecular complexity index is 1210. The average molecular weight is 393 g/mol. The number of fused-ring (bicyclic) bond motifs is 1. The molecule has 0 radical (unpaired) electrons. The summed E-state index contributed by atoms with van der Waals surface area (Å²) in [5.74, 6) is 0.592. The molecular formula is C26H23N3O. The van der Waals surface area contributed by atoms with E-state index in [9.17, 15) is 0 Å². The minimum absolute atomic E-state index is 0.425. The molecule has 0 unspecified atom stereocenters. The zero-order valence-corrected chi connectivity index (χ0v) is 17.0. The van der Waals surface area contributed by atoms with Crippen LogP contribution in [0.25, 0.3) is 28.2 Å². The summed E-state index contributed by atoms with van der Waals surface area (Å²) in [6, 6.07) is 22.0. The van der Waals surface area contributed by atoms with Crippen molar-refractivity contribution in [1.82, 2.24) is 9.55 Å². The van der Waals surface area contributed by atoms with Gasteiger partial charge in [0.1, 0.15) is 6.61 Å². The summed E-state index contributed by atoms with van der Waals surface area (Å²) in [5.41, 5.74) is 6.67. The molecule has 4 aromatic rings. The number of nitriles is 1. The Morgan fingerprint density at radius 3 is 2.53 bits per heavy atom. The van der Waals surface area contributed by atoms with Crippen molar-refractivity contribution in [2.24, 2.45) is 0 Å². The molecule has 2 heterocycles. The highest BCUT2D eigenvalue weighted by molar-refractivity contribution is 5.84. The summed E-state index contributed by atoms with van der Waals surface area (Å²) in [4.78, 5) is 4.82. The van der Waals surface area contributed by atoms with Crippen LogP contribution >= 0.6 is 0 Å². The van der Waals surface area contributed by atoms with Crippen LogP contribution in [0.15, 0.2) is 73.4 Å². The molecule has 0 aliphatic carbocycles. The lowest BCUT2D eigenvalue weighted by Gasteiger charge is -2.13. The van der Waals surface area contributed by atoms with E-state index in [1.165, 1.54) is 0 Å². The molecule has 0 saturated heterocycles. The van der Waals surface area contributed by atoms with Crippen LogP contribution in [-0.4, -0.2) is 9.55 Å². The molecule has 4 rings (SSSR count). The van der Waals surface area contributed by atoms with Crippen molar-refractivity contribution in [1.29, 1.82) is 5.26 Å². The Kier molecular flexibility index (Phi) is 5.63. The Hall–Kier alpha value is -3.84. The number of ether oxygens (including phenoxy) is 1. The zero-order chi connectivity index (χ0) is 20.9. The molecule has 0 saturated carbocycles. The van der Waals surface area contributed by atoms with Crippen LogP contribution in [0, 0.1) is 11.3 Å². The number of hydrogen-bond donors (Lipinski definition) is 0. The van der Waals surface area contributed by atoms with E-state index in [0.29, 0.717) is 18.1 Å². The lowest BCUT2D eigenvalue weighted by Crippen LogP contribution is -2.01. The van der Waals surface area contributed by atoms with Gasteiger partial charge in [-0.1, -0.05) is 56.0 Å². The maximum atomic E-state index is 9.11.